The number of allylic oxidation sites excluding steroid dienone is 1. The van der Waals surface area contributed by atoms with Crippen molar-refractivity contribution in [3.63, 3.8) is 0 Å². The molecule has 1 aliphatic heterocycles. The Morgan fingerprint density at radius 3 is 2.41 bits per heavy atom. The first-order valence-electron chi connectivity index (χ1n) is 9.13. The molecule has 0 saturated heterocycles. The van der Waals surface area contributed by atoms with E-state index in [0.717, 1.165) is 0 Å². The first-order valence-corrected chi connectivity index (χ1v) is 9.51. The van der Waals surface area contributed by atoms with Gasteiger partial charge in [-0.3, -0.25) is 9.59 Å². The van der Waals surface area contributed by atoms with Gasteiger partial charge >= 0.3 is 0 Å². The maximum atomic E-state index is 13.7. The number of fused-ring (bicyclic) bond motifs is 1. The topological polar surface area (TPSA) is 87.8 Å². The summed E-state index contributed by atoms with van der Waals surface area (Å²) in [5, 5.41) is 0.159. The minimum atomic E-state index is -1.54. The summed E-state index contributed by atoms with van der Waals surface area (Å²) in [5.41, 5.74) is 6.21. The van der Waals surface area contributed by atoms with Crippen molar-refractivity contribution < 1.29 is 23.8 Å². The van der Waals surface area contributed by atoms with Gasteiger partial charge in [-0.1, -0.05) is 48.9 Å². The first-order chi connectivity index (χ1) is 13.9. The Balaban J connectivity index is 1.98. The van der Waals surface area contributed by atoms with E-state index in [2.05, 4.69) is 0 Å². The third-order valence-electron chi connectivity index (χ3n) is 5.61. The molecule has 0 fully saturated rings. The predicted molar refractivity (Wildman–Crippen MR) is 109 cm³/mol. The standard InChI is InChI=1S/C22H20ClNO5/c1-11-9-13(25)16(12-7-5-4-6-8-12)20(24)22(11)21(26)17-14(27-2)10-15(28-3)18(23)19(17)29-22/h4-8,10-11H,9,24H2,1-3H3/t11-,22+/m1/s1. The predicted octanol–water partition coefficient (Wildman–Crippen LogP) is 3.65. The molecule has 0 saturated carbocycles. The Labute approximate surface area is 173 Å². The molecule has 2 atom stereocenters. The number of benzene rings is 2. The Morgan fingerprint density at radius 2 is 1.79 bits per heavy atom. The van der Waals surface area contributed by atoms with Gasteiger partial charge in [0.1, 0.15) is 22.1 Å². The van der Waals surface area contributed by atoms with Crippen LogP contribution in [0.5, 0.6) is 17.2 Å². The summed E-state index contributed by atoms with van der Waals surface area (Å²) in [5.74, 6) is -0.244. The highest BCUT2D eigenvalue weighted by atomic mass is 35.5. The smallest absolute Gasteiger partial charge is 0.220 e. The molecule has 0 aromatic heterocycles. The number of rotatable bonds is 3. The molecular weight excluding hydrogens is 394 g/mol. The van der Waals surface area contributed by atoms with Crippen LogP contribution < -0.4 is 19.9 Å². The number of Topliss-reactive ketones (excluding diaryl/α,β-unsaturated/α-hetero) is 2. The summed E-state index contributed by atoms with van der Waals surface area (Å²) in [6.07, 6.45) is 0.113. The fourth-order valence-corrected chi connectivity index (χ4v) is 4.41. The van der Waals surface area contributed by atoms with E-state index in [1.54, 1.807) is 19.1 Å². The Morgan fingerprint density at radius 1 is 1.14 bits per heavy atom. The summed E-state index contributed by atoms with van der Waals surface area (Å²) in [4.78, 5) is 26.5. The van der Waals surface area contributed by atoms with Crippen molar-refractivity contribution in [1.29, 1.82) is 0 Å². The van der Waals surface area contributed by atoms with E-state index in [-0.39, 0.29) is 45.8 Å². The lowest BCUT2D eigenvalue weighted by Crippen LogP contribution is -2.54. The van der Waals surface area contributed by atoms with E-state index < -0.39 is 11.5 Å². The quantitative estimate of drug-likeness (QED) is 0.826. The number of hydrogen-bond acceptors (Lipinski definition) is 6. The van der Waals surface area contributed by atoms with Crippen molar-refractivity contribution in [2.45, 2.75) is 18.9 Å². The van der Waals surface area contributed by atoms with Crippen LogP contribution in [0.25, 0.3) is 5.57 Å². The molecule has 0 unspecified atom stereocenters. The number of nitrogens with two attached hydrogens (primary N) is 1. The minimum Gasteiger partial charge on any atom is -0.496 e. The van der Waals surface area contributed by atoms with E-state index in [1.165, 1.54) is 20.3 Å². The van der Waals surface area contributed by atoms with Crippen LogP contribution in [0, 0.1) is 5.92 Å². The van der Waals surface area contributed by atoms with Gasteiger partial charge in [-0.05, 0) is 5.56 Å². The Kier molecular flexibility index (Phi) is 4.54. The molecule has 1 spiro atoms. The van der Waals surface area contributed by atoms with Crippen LogP contribution in [0.4, 0.5) is 0 Å². The van der Waals surface area contributed by atoms with E-state index in [9.17, 15) is 9.59 Å². The maximum Gasteiger partial charge on any atom is 0.220 e. The number of carbonyl (C=O) groups is 2. The van der Waals surface area contributed by atoms with Gasteiger partial charge in [-0.25, -0.2) is 0 Å². The molecule has 4 rings (SSSR count). The van der Waals surface area contributed by atoms with Gasteiger partial charge in [-0.2, -0.15) is 0 Å². The minimum absolute atomic E-state index is 0.0886. The molecular formula is C22H20ClNO5. The SMILES string of the molecule is COc1cc(OC)c2c(c1Cl)O[C@]1(C2=O)C(N)=C(c2ccccc2)C(=O)C[C@H]1C. The lowest BCUT2D eigenvalue weighted by Gasteiger charge is -2.38. The van der Waals surface area contributed by atoms with Crippen molar-refractivity contribution in [1.82, 2.24) is 0 Å². The van der Waals surface area contributed by atoms with Gasteiger partial charge in [0.15, 0.2) is 11.5 Å². The zero-order valence-electron chi connectivity index (χ0n) is 16.2. The normalized spacial score (nSPS) is 23.2. The van der Waals surface area contributed by atoms with Gasteiger partial charge in [-0.15, -0.1) is 0 Å². The zero-order chi connectivity index (χ0) is 20.9. The molecule has 2 aromatic rings. The van der Waals surface area contributed by atoms with Crippen LogP contribution in [-0.2, 0) is 4.79 Å². The highest BCUT2D eigenvalue weighted by Gasteiger charge is 2.59. The highest BCUT2D eigenvalue weighted by Crippen LogP contribution is 2.54. The van der Waals surface area contributed by atoms with E-state index in [0.29, 0.717) is 16.9 Å². The average molecular weight is 414 g/mol. The van der Waals surface area contributed by atoms with Crippen molar-refractivity contribution in [3.8, 4) is 17.2 Å². The summed E-state index contributed by atoms with van der Waals surface area (Å²) in [6, 6.07) is 10.6. The van der Waals surface area contributed by atoms with Crippen molar-refractivity contribution in [3.05, 3.63) is 58.2 Å². The monoisotopic (exact) mass is 413 g/mol. The second kappa shape index (κ2) is 6.81. The van der Waals surface area contributed by atoms with Crippen molar-refractivity contribution in [2.24, 2.45) is 11.7 Å². The molecule has 6 nitrogen and oxygen atoms in total. The van der Waals surface area contributed by atoms with Gasteiger partial charge in [0.2, 0.25) is 11.4 Å². The van der Waals surface area contributed by atoms with Crippen LogP contribution >= 0.6 is 11.6 Å². The summed E-state index contributed by atoms with van der Waals surface area (Å²) >= 11 is 6.45. The summed E-state index contributed by atoms with van der Waals surface area (Å²) in [7, 11) is 2.91. The lowest BCUT2D eigenvalue weighted by molar-refractivity contribution is -0.116. The Hall–Kier alpha value is -2.99. The summed E-state index contributed by atoms with van der Waals surface area (Å²) in [6.45, 7) is 1.77. The maximum absolute atomic E-state index is 13.7. The molecule has 7 heteroatoms. The second-order valence-corrected chi connectivity index (χ2v) is 7.53. The van der Waals surface area contributed by atoms with Crippen LogP contribution in [0.2, 0.25) is 5.02 Å². The molecule has 1 heterocycles. The van der Waals surface area contributed by atoms with E-state index in [1.807, 2.05) is 18.2 Å². The van der Waals surface area contributed by atoms with E-state index in [4.69, 9.17) is 31.5 Å². The van der Waals surface area contributed by atoms with Crippen molar-refractivity contribution in [2.75, 3.05) is 14.2 Å². The fourth-order valence-electron chi connectivity index (χ4n) is 4.15. The van der Waals surface area contributed by atoms with Crippen LogP contribution in [-0.4, -0.2) is 31.4 Å². The van der Waals surface area contributed by atoms with E-state index >= 15 is 0 Å². The molecule has 150 valence electrons. The van der Waals surface area contributed by atoms with Crippen LogP contribution in [0.1, 0.15) is 29.3 Å². The zero-order valence-corrected chi connectivity index (χ0v) is 17.0. The number of hydrogen-bond donors (Lipinski definition) is 1. The number of methoxy groups -OCH3 is 2. The fraction of sp³-hybridized carbons (Fsp3) is 0.273. The molecule has 1 aliphatic carbocycles. The number of ether oxygens (including phenoxy) is 3. The van der Waals surface area contributed by atoms with Gasteiger partial charge in [0.05, 0.1) is 19.9 Å². The van der Waals surface area contributed by atoms with Crippen LogP contribution in [0.15, 0.2) is 42.1 Å². The van der Waals surface area contributed by atoms with Gasteiger partial charge in [0.25, 0.3) is 0 Å². The number of carbonyl (C=O) groups excluding carboxylic acids is 2. The molecule has 2 aromatic carbocycles. The third kappa shape index (κ3) is 2.55. The molecule has 2 aliphatic rings. The number of halogens is 1. The highest BCUT2D eigenvalue weighted by molar-refractivity contribution is 6.35. The first kappa shape index (κ1) is 19.3. The lowest BCUT2D eigenvalue weighted by atomic mass is 9.71. The molecule has 0 radical (unpaired) electrons. The molecule has 0 bridgehead atoms. The Bertz CT molecular complexity index is 1060. The molecule has 0 amide bonds. The third-order valence-corrected chi connectivity index (χ3v) is 5.97. The van der Waals surface area contributed by atoms with Crippen LogP contribution in [0.3, 0.4) is 0 Å². The largest absolute Gasteiger partial charge is 0.496 e. The van der Waals surface area contributed by atoms with Gasteiger partial charge in [0, 0.05) is 24.0 Å². The summed E-state index contributed by atoms with van der Waals surface area (Å²) < 4.78 is 16.9. The van der Waals surface area contributed by atoms with Gasteiger partial charge < -0.3 is 19.9 Å². The number of ketones is 2. The van der Waals surface area contributed by atoms with Crippen molar-refractivity contribution >= 4 is 28.7 Å². The second-order valence-electron chi connectivity index (χ2n) is 7.15. The molecule has 29 heavy (non-hydrogen) atoms. The molecule has 2 N–H and O–H groups in total. The average Bonchev–Trinajstić information content (AvgIpc) is 3.03.